The van der Waals surface area contributed by atoms with Gasteiger partial charge in [0.05, 0.1) is 26.1 Å². The van der Waals surface area contributed by atoms with Crippen molar-refractivity contribution in [1.29, 1.82) is 0 Å². The first-order valence-electron chi connectivity index (χ1n) is 10.4. The highest BCUT2D eigenvalue weighted by molar-refractivity contribution is 8.13. The van der Waals surface area contributed by atoms with E-state index >= 15 is 0 Å². The van der Waals surface area contributed by atoms with Gasteiger partial charge in [0.15, 0.2) is 10.9 Å². The molecule has 2 atom stereocenters. The number of ketones is 1. The van der Waals surface area contributed by atoms with Gasteiger partial charge in [-0.1, -0.05) is 25.6 Å². The Bertz CT molecular complexity index is 723. The zero-order valence-electron chi connectivity index (χ0n) is 19.6. The molecule has 1 saturated heterocycles. The Balaban J connectivity index is 2.32. The molecule has 32 heavy (non-hydrogen) atoms. The van der Waals surface area contributed by atoms with Gasteiger partial charge in [0, 0.05) is 30.7 Å². The Morgan fingerprint density at radius 2 is 1.75 bits per heavy atom. The molecule has 0 aromatic carbocycles. The fourth-order valence-corrected chi connectivity index (χ4v) is 3.74. The molecule has 1 heterocycles. The monoisotopic (exact) mass is 474 g/mol. The van der Waals surface area contributed by atoms with Crippen molar-refractivity contribution in [2.45, 2.75) is 59.4 Å². The number of nitrogens with one attached hydrogen (secondary N) is 2. The standard InChI is InChI=1S/C21H34N2O8S/c1-13(24)14(11-16(26)29-6)19(28)32-10-9-22-15(25)7-8-23-18(27)17-20(2,3)12-30-21(4,5)31-17/h14,17H,7-12H2,1-6H3,(H,22,25)(H,23,27)/t14?,17-/m0/s1. The molecule has 1 rings (SSSR count). The average molecular weight is 475 g/mol. The second-order valence-corrected chi connectivity index (χ2v) is 9.78. The molecule has 1 aliphatic rings. The number of esters is 1. The second kappa shape index (κ2) is 12.3. The van der Waals surface area contributed by atoms with Gasteiger partial charge in [-0.15, -0.1) is 0 Å². The lowest BCUT2D eigenvalue weighted by atomic mass is 9.85. The van der Waals surface area contributed by atoms with Crippen LogP contribution in [0.4, 0.5) is 0 Å². The number of carbonyl (C=O) groups is 5. The van der Waals surface area contributed by atoms with Crippen LogP contribution in [0.3, 0.4) is 0 Å². The average Bonchev–Trinajstić information content (AvgIpc) is 2.70. The van der Waals surface area contributed by atoms with Crippen molar-refractivity contribution in [2.75, 3.05) is 32.6 Å². The molecule has 0 radical (unpaired) electrons. The van der Waals surface area contributed by atoms with E-state index in [0.717, 1.165) is 11.8 Å². The number of methoxy groups -OCH3 is 1. The summed E-state index contributed by atoms with van der Waals surface area (Å²) < 4.78 is 15.8. The van der Waals surface area contributed by atoms with E-state index in [1.165, 1.54) is 14.0 Å². The Hall–Kier alpha value is -1.98. The number of hydrogen-bond donors (Lipinski definition) is 2. The number of thioether (sulfide) groups is 1. The van der Waals surface area contributed by atoms with Gasteiger partial charge in [0.2, 0.25) is 11.8 Å². The summed E-state index contributed by atoms with van der Waals surface area (Å²) in [5.41, 5.74) is -0.503. The molecular formula is C21H34N2O8S. The molecule has 2 amide bonds. The van der Waals surface area contributed by atoms with E-state index in [-0.39, 0.29) is 43.5 Å². The topological polar surface area (TPSA) is 137 Å². The second-order valence-electron chi connectivity index (χ2n) is 8.68. The van der Waals surface area contributed by atoms with Crippen molar-refractivity contribution in [1.82, 2.24) is 10.6 Å². The van der Waals surface area contributed by atoms with E-state index in [1.54, 1.807) is 13.8 Å². The highest BCUT2D eigenvalue weighted by atomic mass is 32.2. The predicted octanol–water partition coefficient (Wildman–Crippen LogP) is 0.815. The summed E-state index contributed by atoms with van der Waals surface area (Å²) in [5, 5.41) is 4.93. The normalized spacial score (nSPS) is 20.0. The Morgan fingerprint density at radius 1 is 1.09 bits per heavy atom. The lowest BCUT2D eigenvalue weighted by Gasteiger charge is -2.44. The summed E-state index contributed by atoms with van der Waals surface area (Å²) in [6.45, 7) is 9.20. The largest absolute Gasteiger partial charge is 0.469 e. The number of carbonyl (C=O) groups excluding carboxylic acids is 5. The molecule has 1 aliphatic heterocycles. The third-order valence-corrected chi connectivity index (χ3v) is 5.81. The van der Waals surface area contributed by atoms with E-state index in [9.17, 15) is 24.0 Å². The molecule has 0 spiro atoms. The van der Waals surface area contributed by atoms with Gasteiger partial charge < -0.3 is 24.8 Å². The van der Waals surface area contributed by atoms with Crippen molar-refractivity contribution < 1.29 is 38.2 Å². The maximum Gasteiger partial charge on any atom is 0.306 e. The van der Waals surface area contributed by atoms with Crippen LogP contribution in [0.25, 0.3) is 0 Å². The van der Waals surface area contributed by atoms with E-state index in [4.69, 9.17) is 9.47 Å². The number of ether oxygens (including phenoxy) is 3. The quantitative estimate of drug-likeness (QED) is 0.253. The van der Waals surface area contributed by atoms with Crippen molar-refractivity contribution in [3.63, 3.8) is 0 Å². The lowest BCUT2D eigenvalue weighted by Crippen LogP contribution is -2.56. The fourth-order valence-electron chi connectivity index (χ4n) is 2.89. The molecular weight excluding hydrogens is 440 g/mol. The molecule has 10 nitrogen and oxygen atoms in total. The van der Waals surface area contributed by atoms with E-state index in [0.29, 0.717) is 6.61 Å². The van der Waals surface area contributed by atoms with E-state index < -0.39 is 40.1 Å². The first-order valence-corrected chi connectivity index (χ1v) is 11.4. The van der Waals surface area contributed by atoms with Gasteiger partial charge in [-0.05, 0) is 20.8 Å². The van der Waals surface area contributed by atoms with E-state index in [1.807, 2.05) is 13.8 Å². The molecule has 0 aliphatic carbocycles. The number of amides is 2. The molecule has 1 fully saturated rings. The molecule has 0 aromatic rings. The number of hydrogen-bond acceptors (Lipinski definition) is 9. The van der Waals surface area contributed by atoms with Gasteiger partial charge in [0.25, 0.3) is 0 Å². The van der Waals surface area contributed by atoms with Crippen molar-refractivity contribution in [2.24, 2.45) is 11.3 Å². The Labute approximate surface area is 192 Å². The summed E-state index contributed by atoms with van der Waals surface area (Å²) in [7, 11) is 1.19. The van der Waals surface area contributed by atoms with Crippen LogP contribution in [0.2, 0.25) is 0 Å². The predicted molar refractivity (Wildman–Crippen MR) is 118 cm³/mol. The summed E-state index contributed by atoms with van der Waals surface area (Å²) in [5.74, 6) is -3.30. The first kappa shape index (κ1) is 28.1. The minimum Gasteiger partial charge on any atom is -0.469 e. The Kier molecular flexibility index (Phi) is 10.8. The molecule has 0 bridgehead atoms. The van der Waals surface area contributed by atoms with E-state index in [2.05, 4.69) is 15.4 Å². The van der Waals surface area contributed by atoms with Crippen LogP contribution >= 0.6 is 11.8 Å². The smallest absolute Gasteiger partial charge is 0.306 e. The van der Waals surface area contributed by atoms with Crippen LogP contribution < -0.4 is 10.6 Å². The molecule has 1 unspecified atom stereocenters. The Morgan fingerprint density at radius 3 is 2.34 bits per heavy atom. The summed E-state index contributed by atoms with van der Waals surface area (Å²) in [4.78, 5) is 59.5. The highest BCUT2D eigenvalue weighted by Gasteiger charge is 2.45. The van der Waals surface area contributed by atoms with Gasteiger partial charge in [-0.3, -0.25) is 24.0 Å². The molecule has 0 aromatic heterocycles. The third kappa shape index (κ3) is 9.25. The number of rotatable bonds is 11. The van der Waals surface area contributed by atoms with Gasteiger partial charge in [0.1, 0.15) is 11.9 Å². The van der Waals surface area contributed by atoms with Gasteiger partial charge in [-0.25, -0.2) is 0 Å². The van der Waals surface area contributed by atoms with Crippen LogP contribution in [0.15, 0.2) is 0 Å². The molecule has 2 N–H and O–H groups in total. The van der Waals surface area contributed by atoms with Crippen LogP contribution in [-0.4, -0.2) is 73.1 Å². The summed E-state index contributed by atoms with van der Waals surface area (Å²) in [6, 6.07) is 0. The van der Waals surface area contributed by atoms with Crippen molar-refractivity contribution >= 4 is 40.4 Å². The highest BCUT2D eigenvalue weighted by Crippen LogP contribution is 2.34. The zero-order valence-corrected chi connectivity index (χ0v) is 20.4. The van der Waals surface area contributed by atoms with Crippen molar-refractivity contribution in [3.05, 3.63) is 0 Å². The fraction of sp³-hybridized carbons (Fsp3) is 0.762. The SMILES string of the molecule is COC(=O)CC(C(C)=O)C(=O)SCCNC(=O)CCNC(=O)[C@@H]1OC(C)(C)OCC1(C)C. The first-order chi connectivity index (χ1) is 14.8. The third-order valence-electron chi connectivity index (χ3n) is 4.83. The minimum atomic E-state index is -1.06. The molecule has 0 saturated carbocycles. The van der Waals surface area contributed by atoms with Crippen LogP contribution in [0, 0.1) is 11.3 Å². The molecule has 11 heteroatoms. The lowest BCUT2D eigenvalue weighted by molar-refractivity contribution is -0.304. The summed E-state index contributed by atoms with van der Waals surface area (Å²) >= 11 is 0.874. The van der Waals surface area contributed by atoms with Crippen molar-refractivity contribution in [3.8, 4) is 0 Å². The minimum absolute atomic E-state index is 0.0653. The van der Waals surface area contributed by atoms with Crippen LogP contribution in [-0.2, 0) is 38.2 Å². The maximum atomic E-state index is 12.5. The molecule has 182 valence electrons. The zero-order chi connectivity index (χ0) is 24.5. The van der Waals surface area contributed by atoms with Crippen LogP contribution in [0.1, 0.15) is 47.5 Å². The van der Waals surface area contributed by atoms with Gasteiger partial charge in [-0.2, -0.15) is 0 Å². The summed E-state index contributed by atoms with van der Waals surface area (Å²) in [6.07, 6.45) is -0.930. The maximum absolute atomic E-state index is 12.5. The number of Topliss-reactive ketones (excluding diaryl/α,β-unsaturated/α-hetero) is 1. The van der Waals surface area contributed by atoms with Crippen LogP contribution in [0.5, 0.6) is 0 Å². The van der Waals surface area contributed by atoms with Gasteiger partial charge >= 0.3 is 5.97 Å².